The molecule has 1 fully saturated rings. The van der Waals surface area contributed by atoms with Gasteiger partial charge in [0, 0.05) is 6.54 Å². The lowest BCUT2D eigenvalue weighted by Crippen LogP contribution is -2.39. The number of hydrogen-bond acceptors (Lipinski definition) is 3. The van der Waals surface area contributed by atoms with E-state index < -0.39 is 12.0 Å². The predicted octanol–water partition coefficient (Wildman–Crippen LogP) is 3.95. The molecule has 3 rings (SSSR count). The van der Waals surface area contributed by atoms with Crippen molar-refractivity contribution in [2.75, 3.05) is 13.7 Å². The Kier molecular flexibility index (Phi) is 5.09. The van der Waals surface area contributed by atoms with E-state index in [4.69, 9.17) is 4.74 Å². The number of methoxy groups -OCH3 is 1. The van der Waals surface area contributed by atoms with Crippen LogP contribution < -0.4 is 4.74 Å². The Morgan fingerprint density at radius 3 is 2.76 bits per heavy atom. The second-order valence-electron chi connectivity index (χ2n) is 6.77. The first-order valence-electron chi connectivity index (χ1n) is 8.71. The molecule has 0 aromatic heterocycles. The van der Waals surface area contributed by atoms with Crippen molar-refractivity contribution in [1.82, 2.24) is 4.90 Å². The van der Waals surface area contributed by atoms with Crippen molar-refractivity contribution in [3.63, 3.8) is 0 Å². The number of carboxylic acid groups (broad SMARTS) is 1. The summed E-state index contributed by atoms with van der Waals surface area (Å²) in [5, 5.41) is 9.68. The molecule has 4 heteroatoms. The minimum absolute atomic E-state index is 0.0846. The molecule has 2 unspecified atom stereocenters. The molecule has 2 atom stereocenters. The number of likely N-dealkylation sites (tertiary alicyclic amines) is 1. The molecule has 1 N–H and O–H groups in total. The number of ether oxygens (including phenoxy) is 1. The zero-order valence-corrected chi connectivity index (χ0v) is 15.0. The SMILES string of the molecule is COc1cccc(C(c2cc(C)ccc2C)N2CCCC2C(=O)O)c1. The molecule has 132 valence electrons. The van der Waals surface area contributed by atoms with Crippen LogP contribution in [0.2, 0.25) is 0 Å². The van der Waals surface area contributed by atoms with Gasteiger partial charge in [0.2, 0.25) is 0 Å². The zero-order valence-electron chi connectivity index (χ0n) is 15.0. The lowest BCUT2D eigenvalue weighted by Gasteiger charge is -2.33. The third-order valence-electron chi connectivity index (χ3n) is 5.05. The van der Waals surface area contributed by atoms with Crippen molar-refractivity contribution in [3.8, 4) is 5.75 Å². The van der Waals surface area contributed by atoms with E-state index in [1.54, 1.807) is 7.11 Å². The van der Waals surface area contributed by atoms with Crippen molar-refractivity contribution in [2.45, 2.75) is 38.8 Å². The molecule has 0 saturated carbocycles. The molecule has 0 radical (unpaired) electrons. The average molecular weight is 339 g/mol. The van der Waals surface area contributed by atoms with Gasteiger partial charge in [0.25, 0.3) is 0 Å². The molecule has 25 heavy (non-hydrogen) atoms. The topological polar surface area (TPSA) is 49.8 Å². The number of benzene rings is 2. The van der Waals surface area contributed by atoms with Crippen LogP contribution >= 0.6 is 0 Å². The molecule has 2 aromatic rings. The van der Waals surface area contributed by atoms with Gasteiger partial charge in [-0.2, -0.15) is 0 Å². The zero-order chi connectivity index (χ0) is 18.0. The van der Waals surface area contributed by atoms with Crippen molar-refractivity contribution in [3.05, 3.63) is 64.7 Å². The number of carboxylic acids is 1. The van der Waals surface area contributed by atoms with E-state index in [1.807, 2.05) is 18.2 Å². The van der Waals surface area contributed by atoms with Crippen LogP contribution in [0, 0.1) is 13.8 Å². The van der Waals surface area contributed by atoms with Crippen LogP contribution in [0.4, 0.5) is 0 Å². The van der Waals surface area contributed by atoms with Crippen molar-refractivity contribution in [2.24, 2.45) is 0 Å². The molecule has 0 spiro atoms. The second-order valence-corrected chi connectivity index (χ2v) is 6.77. The number of hydrogen-bond donors (Lipinski definition) is 1. The third-order valence-corrected chi connectivity index (χ3v) is 5.05. The highest BCUT2D eigenvalue weighted by molar-refractivity contribution is 5.74. The summed E-state index contributed by atoms with van der Waals surface area (Å²) in [6.45, 7) is 4.95. The Morgan fingerprint density at radius 1 is 1.24 bits per heavy atom. The smallest absolute Gasteiger partial charge is 0.320 e. The fourth-order valence-electron chi connectivity index (χ4n) is 3.78. The Bertz CT molecular complexity index is 771. The van der Waals surface area contributed by atoms with Gasteiger partial charge in [-0.05, 0) is 55.5 Å². The lowest BCUT2D eigenvalue weighted by molar-refractivity contribution is -0.142. The maximum Gasteiger partial charge on any atom is 0.320 e. The van der Waals surface area contributed by atoms with Crippen molar-refractivity contribution in [1.29, 1.82) is 0 Å². The van der Waals surface area contributed by atoms with Gasteiger partial charge in [-0.15, -0.1) is 0 Å². The lowest BCUT2D eigenvalue weighted by atomic mass is 9.91. The van der Waals surface area contributed by atoms with E-state index in [2.05, 4.69) is 43.0 Å². The average Bonchev–Trinajstić information content (AvgIpc) is 3.08. The second kappa shape index (κ2) is 7.28. The monoisotopic (exact) mass is 339 g/mol. The molecule has 2 aromatic carbocycles. The molecule has 0 bridgehead atoms. The first-order chi connectivity index (χ1) is 12.0. The Labute approximate surface area is 149 Å². The molecule has 1 aliphatic rings. The van der Waals surface area contributed by atoms with Crippen LogP contribution in [0.1, 0.15) is 41.1 Å². The van der Waals surface area contributed by atoms with Crippen LogP contribution in [0.15, 0.2) is 42.5 Å². The minimum Gasteiger partial charge on any atom is -0.497 e. The number of aryl methyl sites for hydroxylation is 2. The molecular formula is C21H25NO3. The van der Waals surface area contributed by atoms with Crippen LogP contribution in [0.3, 0.4) is 0 Å². The van der Waals surface area contributed by atoms with Gasteiger partial charge in [0.05, 0.1) is 13.2 Å². The molecule has 1 heterocycles. The van der Waals surface area contributed by atoms with E-state index in [-0.39, 0.29) is 6.04 Å². The maximum atomic E-state index is 11.8. The van der Waals surface area contributed by atoms with Gasteiger partial charge in [0.1, 0.15) is 11.8 Å². The quantitative estimate of drug-likeness (QED) is 0.896. The summed E-state index contributed by atoms with van der Waals surface area (Å²) in [6, 6.07) is 13.8. The highest BCUT2D eigenvalue weighted by atomic mass is 16.5. The van der Waals surface area contributed by atoms with E-state index >= 15 is 0 Å². The summed E-state index contributed by atoms with van der Waals surface area (Å²) >= 11 is 0. The normalized spacial score (nSPS) is 18.9. The van der Waals surface area contributed by atoms with Crippen LogP contribution in [-0.2, 0) is 4.79 Å². The highest BCUT2D eigenvalue weighted by Crippen LogP contribution is 2.37. The van der Waals surface area contributed by atoms with Gasteiger partial charge in [-0.25, -0.2) is 0 Å². The van der Waals surface area contributed by atoms with Gasteiger partial charge in [-0.1, -0.05) is 35.9 Å². The van der Waals surface area contributed by atoms with E-state index in [1.165, 1.54) is 16.7 Å². The minimum atomic E-state index is -0.740. The Morgan fingerprint density at radius 2 is 2.04 bits per heavy atom. The van der Waals surface area contributed by atoms with E-state index in [0.717, 1.165) is 24.3 Å². The summed E-state index contributed by atoms with van der Waals surface area (Å²) in [5.41, 5.74) is 4.59. The van der Waals surface area contributed by atoms with Gasteiger partial charge < -0.3 is 9.84 Å². The Balaban J connectivity index is 2.14. The summed E-state index contributed by atoms with van der Waals surface area (Å²) in [6.07, 6.45) is 1.60. The number of aliphatic carboxylic acids is 1. The molecule has 0 amide bonds. The van der Waals surface area contributed by atoms with Gasteiger partial charge in [0.15, 0.2) is 0 Å². The number of carbonyl (C=O) groups is 1. The fraction of sp³-hybridized carbons (Fsp3) is 0.381. The van der Waals surface area contributed by atoms with Crippen LogP contribution in [-0.4, -0.2) is 35.7 Å². The summed E-state index contributed by atoms with van der Waals surface area (Å²) < 4.78 is 5.40. The molecule has 1 aliphatic heterocycles. The van der Waals surface area contributed by atoms with E-state index in [0.29, 0.717) is 6.42 Å². The standard InChI is InChI=1S/C21H25NO3/c1-14-9-10-15(2)18(12-14)20(16-6-4-7-17(13-16)25-3)22-11-5-8-19(22)21(23)24/h4,6-7,9-10,12-13,19-20H,5,8,11H2,1-3H3,(H,23,24). The first kappa shape index (κ1) is 17.5. The number of nitrogens with zero attached hydrogens (tertiary/aromatic N) is 1. The van der Waals surface area contributed by atoms with Crippen LogP contribution in [0.25, 0.3) is 0 Å². The fourth-order valence-corrected chi connectivity index (χ4v) is 3.78. The van der Waals surface area contributed by atoms with Crippen LogP contribution in [0.5, 0.6) is 5.75 Å². The van der Waals surface area contributed by atoms with E-state index in [9.17, 15) is 9.90 Å². The molecule has 1 saturated heterocycles. The summed E-state index contributed by atoms with van der Waals surface area (Å²) in [4.78, 5) is 13.9. The summed E-state index contributed by atoms with van der Waals surface area (Å²) in [7, 11) is 1.65. The largest absolute Gasteiger partial charge is 0.497 e. The number of rotatable bonds is 5. The van der Waals surface area contributed by atoms with Gasteiger partial charge >= 0.3 is 5.97 Å². The molecular weight excluding hydrogens is 314 g/mol. The Hall–Kier alpha value is -2.33. The molecule has 0 aliphatic carbocycles. The molecule has 4 nitrogen and oxygen atoms in total. The summed E-state index contributed by atoms with van der Waals surface area (Å²) in [5.74, 6) is 0.0505. The predicted molar refractivity (Wildman–Crippen MR) is 98.1 cm³/mol. The van der Waals surface area contributed by atoms with Crippen molar-refractivity contribution < 1.29 is 14.6 Å². The van der Waals surface area contributed by atoms with Crippen molar-refractivity contribution >= 4 is 5.97 Å². The first-order valence-corrected chi connectivity index (χ1v) is 8.71. The van der Waals surface area contributed by atoms with Gasteiger partial charge in [-0.3, -0.25) is 9.69 Å². The third kappa shape index (κ3) is 3.54. The highest BCUT2D eigenvalue weighted by Gasteiger charge is 2.37. The maximum absolute atomic E-state index is 11.8.